The second kappa shape index (κ2) is 9.91. The first-order valence-electron chi connectivity index (χ1n) is 9.60. The summed E-state index contributed by atoms with van der Waals surface area (Å²) in [5, 5.41) is 1.95. The molecule has 196 valence electrons. The molecule has 0 heterocycles. The molecule has 0 radical (unpaired) electrons. The lowest BCUT2D eigenvalue weighted by Gasteiger charge is -2.17. The minimum absolute atomic E-state index is 0.210. The summed E-state index contributed by atoms with van der Waals surface area (Å²) < 4.78 is 128. The summed E-state index contributed by atoms with van der Waals surface area (Å²) in [5.41, 5.74) is 0.676. The minimum Gasteiger partial charge on any atom is -0.456 e. The Bertz CT molecular complexity index is 1370. The smallest absolute Gasteiger partial charge is 0.456 e. The van der Waals surface area contributed by atoms with Gasteiger partial charge in [0.15, 0.2) is 17.4 Å². The normalized spacial score (nSPS) is 11.7. The van der Waals surface area contributed by atoms with Crippen LogP contribution >= 0.6 is 0 Å². The fourth-order valence-electron chi connectivity index (χ4n) is 2.94. The van der Waals surface area contributed by atoms with Crippen LogP contribution in [0.5, 0.6) is 17.2 Å². The van der Waals surface area contributed by atoms with Crippen molar-refractivity contribution in [3.63, 3.8) is 0 Å². The van der Waals surface area contributed by atoms with E-state index < -0.39 is 75.7 Å². The Labute approximate surface area is 200 Å². The fourth-order valence-corrected chi connectivity index (χ4v) is 2.94. The van der Waals surface area contributed by atoms with E-state index in [2.05, 4.69) is 4.74 Å². The van der Waals surface area contributed by atoms with E-state index in [4.69, 9.17) is 10.5 Å². The molecular formula is C22H11F9N2O4. The van der Waals surface area contributed by atoms with Crippen molar-refractivity contribution in [1.82, 2.24) is 0 Å². The number of primary amides is 1. The average molecular weight is 538 g/mol. The Morgan fingerprint density at radius 2 is 1.46 bits per heavy atom. The van der Waals surface area contributed by atoms with Crippen LogP contribution in [0.2, 0.25) is 0 Å². The Kier molecular flexibility index (Phi) is 7.27. The molecule has 0 fully saturated rings. The highest BCUT2D eigenvalue weighted by atomic mass is 19.4. The molecule has 6 nitrogen and oxygen atoms in total. The number of carbonyl (C=O) groups is 2. The lowest BCUT2D eigenvalue weighted by molar-refractivity contribution is -0.275. The van der Waals surface area contributed by atoms with E-state index in [0.29, 0.717) is 30.3 Å². The van der Waals surface area contributed by atoms with Crippen molar-refractivity contribution in [3.8, 4) is 17.2 Å². The maximum Gasteiger partial charge on any atom is 0.573 e. The van der Waals surface area contributed by atoms with Gasteiger partial charge in [0.05, 0.1) is 11.1 Å². The van der Waals surface area contributed by atoms with E-state index in [-0.39, 0.29) is 11.8 Å². The second-order valence-corrected chi connectivity index (χ2v) is 7.05. The van der Waals surface area contributed by atoms with Crippen LogP contribution in [0.1, 0.15) is 26.3 Å². The van der Waals surface area contributed by atoms with Gasteiger partial charge in [0.25, 0.3) is 11.8 Å². The summed E-state index contributed by atoms with van der Waals surface area (Å²) in [7, 11) is 0. The third-order valence-corrected chi connectivity index (χ3v) is 4.48. The van der Waals surface area contributed by atoms with Crippen molar-refractivity contribution in [2.24, 2.45) is 5.73 Å². The summed E-state index contributed by atoms with van der Waals surface area (Å²) in [5.74, 6) is -10.4. The molecule has 0 bridgehead atoms. The van der Waals surface area contributed by atoms with Crippen molar-refractivity contribution in [1.29, 1.82) is 0 Å². The number of rotatable bonds is 6. The van der Waals surface area contributed by atoms with E-state index in [9.17, 15) is 49.1 Å². The van der Waals surface area contributed by atoms with Gasteiger partial charge in [-0.2, -0.15) is 13.2 Å². The zero-order chi connectivity index (χ0) is 27.7. The first kappa shape index (κ1) is 27.2. The average Bonchev–Trinajstić information content (AvgIpc) is 2.75. The monoisotopic (exact) mass is 538 g/mol. The summed E-state index contributed by atoms with van der Waals surface area (Å²) in [6, 6.07) is 4.57. The van der Waals surface area contributed by atoms with Crippen molar-refractivity contribution in [2.45, 2.75) is 12.5 Å². The largest absolute Gasteiger partial charge is 0.573 e. The van der Waals surface area contributed by atoms with Crippen molar-refractivity contribution in [3.05, 3.63) is 82.7 Å². The van der Waals surface area contributed by atoms with Gasteiger partial charge in [-0.05, 0) is 42.5 Å². The Balaban J connectivity index is 2.03. The van der Waals surface area contributed by atoms with E-state index in [1.54, 1.807) is 0 Å². The number of benzene rings is 3. The number of amides is 2. The number of nitrogens with one attached hydrogen (secondary N) is 1. The molecule has 3 aromatic rings. The number of hydrogen-bond donors (Lipinski definition) is 2. The molecule has 0 aliphatic heterocycles. The molecule has 0 saturated carbocycles. The molecule has 0 spiro atoms. The van der Waals surface area contributed by atoms with Gasteiger partial charge < -0.3 is 20.5 Å². The summed E-state index contributed by atoms with van der Waals surface area (Å²) in [6.45, 7) is 0. The number of ether oxygens (including phenoxy) is 2. The van der Waals surface area contributed by atoms with Gasteiger partial charge in [0.2, 0.25) is 0 Å². The fraction of sp³-hybridized carbons (Fsp3) is 0.0909. The van der Waals surface area contributed by atoms with Crippen LogP contribution < -0.4 is 20.5 Å². The summed E-state index contributed by atoms with van der Waals surface area (Å²) >= 11 is 0. The van der Waals surface area contributed by atoms with E-state index in [1.807, 2.05) is 5.32 Å². The number of halogens is 9. The highest BCUT2D eigenvalue weighted by molar-refractivity contribution is 6.07. The van der Waals surface area contributed by atoms with Gasteiger partial charge in [0, 0.05) is 11.8 Å². The molecule has 0 atom stereocenters. The first-order valence-corrected chi connectivity index (χ1v) is 9.60. The Morgan fingerprint density at radius 1 is 0.811 bits per heavy atom. The molecule has 0 aliphatic rings. The second-order valence-electron chi connectivity index (χ2n) is 7.05. The molecule has 3 aromatic carbocycles. The molecule has 0 unspecified atom stereocenters. The van der Waals surface area contributed by atoms with E-state index in [1.165, 1.54) is 0 Å². The van der Waals surface area contributed by atoms with Crippen molar-refractivity contribution >= 4 is 17.5 Å². The third kappa shape index (κ3) is 6.42. The number of carbonyl (C=O) groups excluding carboxylic acids is 2. The summed E-state index contributed by atoms with van der Waals surface area (Å²) in [6.07, 6.45) is -10.5. The number of hydrogen-bond acceptors (Lipinski definition) is 4. The van der Waals surface area contributed by atoms with Crippen LogP contribution in [0.4, 0.5) is 45.2 Å². The third-order valence-electron chi connectivity index (χ3n) is 4.48. The topological polar surface area (TPSA) is 90.7 Å². The molecule has 0 aromatic heterocycles. The number of nitrogens with two attached hydrogens (primary N) is 1. The minimum atomic E-state index is -5.27. The predicted molar refractivity (Wildman–Crippen MR) is 107 cm³/mol. The number of anilines is 1. The van der Waals surface area contributed by atoms with Gasteiger partial charge in [-0.25, -0.2) is 13.2 Å². The zero-order valence-corrected chi connectivity index (χ0v) is 17.7. The standard InChI is InChI=1S/C22H11F9N2O4/c23-13-4-1-9(7-11(13)19(32)34)33-20(35)17-16(6-3-12(18(17)25)21(26,27)28)36-10-2-5-15(14(24)8-10)37-22(29,30)31/h1-8H,(H2,32,34)(H,33,35). The molecule has 0 saturated heterocycles. The van der Waals surface area contributed by atoms with Crippen LogP contribution in [-0.4, -0.2) is 18.2 Å². The van der Waals surface area contributed by atoms with Crippen LogP contribution in [0.25, 0.3) is 0 Å². The lowest BCUT2D eigenvalue weighted by atomic mass is 10.1. The summed E-state index contributed by atoms with van der Waals surface area (Å²) in [4.78, 5) is 24.0. The highest BCUT2D eigenvalue weighted by Gasteiger charge is 2.38. The van der Waals surface area contributed by atoms with Crippen LogP contribution in [0, 0.1) is 17.5 Å². The van der Waals surface area contributed by atoms with E-state index in [0.717, 1.165) is 12.1 Å². The number of alkyl halides is 6. The Hall–Kier alpha value is -4.43. The highest BCUT2D eigenvalue weighted by Crippen LogP contribution is 2.38. The maximum atomic E-state index is 14.9. The predicted octanol–water partition coefficient (Wildman–Crippen LogP) is 6.16. The molecule has 2 amide bonds. The molecule has 3 N–H and O–H groups in total. The van der Waals surface area contributed by atoms with Gasteiger partial charge in [-0.3, -0.25) is 9.59 Å². The van der Waals surface area contributed by atoms with Gasteiger partial charge >= 0.3 is 12.5 Å². The van der Waals surface area contributed by atoms with E-state index >= 15 is 0 Å². The molecular weight excluding hydrogens is 527 g/mol. The lowest BCUT2D eigenvalue weighted by Crippen LogP contribution is -2.20. The van der Waals surface area contributed by atoms with Crippen LogP contribution in [0.3, 0.4) is 0 Å². The quantitative estimate of drug-likeness (QED) is 0.368. The van der Waals surface area contributed by atoms with Crippen LogP contribution in [-0.2, 0) is 6.18 Å². The molecule has 0 aliphatic carbocycles. The van der Waals surface area contributed by atoms with Crippen molar-refractivity contribution in [2.75, 3.05) is 5.32 Å². The zero-order valence-electron chi connectivity index (χ0n) is 17.7. The van der Waals surface area contributed by atoms with Crippen molar-refractivity contribution < 1.29 is 58.6 Å². The van der Waals surface area contributed by atoms with Gasteiger partial charge in [-0.1, -0.05) is 0 Å². The van der Waals surface area contributed by atoms with Gasteiger partial charge in [-0.15, -0.1) is 13.2 Å². The Morgan fingerprint density at radius 3 is 2.03 bits per heavy atom. The SMILES string of the molecule is NC(=O)c1cc(NC(=O)c2c(Oc3ccc(OC(F)(F)F)c(F)c3)ccc(C(F)(F)F)c2F)ccc1F. The first-order chi connectivity index (χ1) is 17.1. The maximum absolute atomic E-state index is 14.9. The molecule has 15 heteroatoms. The van der Waals surface area contributed by atoms with Crippen LogP contribution in [0.15, 0.2) is 48.5 Å². The van der Waals surface area contributed by atoms with Gasteiger partial charge in [0.1, 0.15) is 22.9 Å². The molecule has 3 rings (SSSR count). The molecule has 37 heavy (non-hydrogen) atoms.